The summed E-state index contributed by atoms with van der Waals surface area (Å²) in [6.45, 7) is 4.73. The number of carbonyl (C=O) groups excluding carboxylic acids is 3. The average molecular weight is 510 g/mol. The van der Waals surface area contributed by atoms with E-state index in [2.05, 4.69) is 25.9 Å². The lowest BCUT2D eigenvalue weighted by Crippen LogP contribution is -2.37. The van der Waals surface area contributed by atoms with Crippen LogP contribution in [0.4, 0.5) is 29.3 Å². The van der Waals surface area contributed by atoms with E-state index in [1.807, 2.05) is 0 Å². The number of nitrogens with zero attached hydrogens (tertiary/aromatic N) is 2. The second-order valence-electron chi connectivity index (χ2n) is 8.17. The minimum atomic E-state index is -4.73. The topological polar surface area (TPSA) is 148 Å². The number of hydrogen-bond donors (Lipinski definition) is 4. The number of alkyl carbamates (subject to hydrolysis) is 1. The van der Waals surface area contributed by atoms with Crippen molar-refractivity contribution in [2.75, 3.05) is 17.2 Å². The Morgan fingerprint density at radius 1 is 1.17 bits per heavy atom. The van der Waals surface area contributed by atoms with Crippen LogP contribution in [-0.2, 0) is 20.5 Å². The van der Waals surface area contributed by atoms with E-state index in [0.29, 0.717) is 22.3 Å². The van der Waals surface area contributed by atoms with Gasteiger partial charge in [-0.05, 0) is 45.0 Å². The molecule has 2 heterocycles. The summed E-state index contributed by atoms with van der Waals surface area (Å²) in [7, 11) is 0. The van der Waals surface area contributed by atoms with Crippen LogP contribution in [0.1, 0.15) is 32.3 Å². The first-order valence-corrected chi connectivity index (χ1v) is 10.8. The Bertz CT molecular complexity index is 1210. The van der Waals surface area contributed by atoms with Gasteiger partial charge in [0.1, 0.15) is 23.4 Å². The molecule has 35 heavy (non-hydrogen) atoms. The number of amides is 3. The van der Waals surface area contributed by atoms with Gasteiger partial charge in [0, 0.05) is 16.8 Å². The number of alkyl halides is 3. The Morgan fingerprint density at radius 2 is 1.89 bits per heavy atom. The summed E-state index contributed by atoms with van der Waals surface area (Å²) in [5.41, 5.74) is 4.09. The molecule has 0 spiro atoms. The number of ether oxygens (including phenoxy) is 1. The van der Waals surface area contributed by atoms with Crippen molar-refractivity contribution in [3.63, 3.8) is 0 Å². The summed E-state index contributed by atoms with van der Waals surface area (Å²) >= 11 is 1.01. The van der Waals surface area contributed by atoms with Gasteiger partial charge in [0.2, 0.25) is 5.91 Å². The average Bonchev–Trinajstić information content (AvgIpc) is 3.13. The van der Waals surface area contributed by atoms with Crippen molar-refractivity contribution in [2.45, 2.75) is 37.4 Å². The number of benzene rings is 1. The van der Waals surface area contributed by atoms with Gasteiger partial charge in [0.15, 0.2) is 5.82 Å². The predicted molar refractivity (Wildman–Crippen MR) is 122 cm³/mol. The molecule has 0 saturated carbocycles. The molecule has 14 heteroatoms. The Hall–Kier alpha value is -3.81. The molecule has 0 atom stereocenters. The Kier molecular flexibility index (Phi) is 7.24. The van der Waals surface area contributed by atoms with Crippen LogP contribution in [0.3, 0.4) is 0 Å². The molecule has 0 unspecified atom stereocenters. The number of anilines is 2. The van der Waals surface area contributed by atoms with Gasteiger partial charge >= 0.3 is 12.3 Å². The largest absolute Gasteiger partial charge is 0.444 e. The summed E-state index contributed by atoms with van der Waals surface area (Å²) in [6, 6.07) is 5.42. The number of hydrogen-bond acceptors (Lipinski definition) is 8. The molecule has 1 aromatic carbocycles. The maximum Gasteiger partial charge on any atom is 0.433 e. The third kappa shape index (κ3) is 6.85. The van der Waals surface area contributed by atoms with Gasteiger partial charge < -0.3 is 26.4 Å². The van der Waals surface area contributed by atoms with Crippen molar-refractivity contribution in [3.05, 3.63) is 47.0 Å². The second kappa shape index (κ2) is 9.82. The molecule has 2 aromatic rings. The van der Waals surface area contributed by atoms with Gasteiger partial charge in [0.25, 0.3) is 5.91 Å². The van der Waals surface area contributed by atoms with Crippen molar-refractivity contribution in [1.29, 1.82) is 0 Å². The van der Waals surface area contributed by atoms with Crippen molar-refractivity contribution < 1.29 is 32.3 Å². The van der Waals surface area contributed by atoms with Crippen molar-refractivity contribution in [2.24, 2.45) is 5.73 Å². The minimum Gasteiger partial charge on any atom is -0.444 e. The molecule has 0 radical (unpaired) electrons. The first-order chi connectivity index (χ1) is 16.2. The number of nitrogens with one attached hydrogen (secondary N) is 3. The molecule has 10 nitrogen and oxygen atoms in total. The van der Waals surface area contributed by atoms with Gasteiger partial charge in [-0.25, -0.2) is 14.8 Å². The highest BCUT2D eigenvalue weighted by molar-refractivity contribution is 8.04. The molecular formula is C21H21F3N6O4S. The summed E-state index contributed by atoms with van der Waals surface area (Å²) in [5, 5.41) is 7.99. The summed E-state index contributed by atoms with van der Waals surface area (Å²) in [4.78, 5) is 43.7. The standard InChI is InChI=1S/C21H21F3N6O4S/c1-20(2,3)34-19(33)27-9-14(31)28-10-4-5-11-12(8-10)35-18(29-11)15(16(25)32)17-26-7-6-13(30-17)21(22,23)24/h4-8,29H,9H2,1-3H3,(H2,25,32)(H,27,33)(H,28,31)/b18-15-. The molecule has 0 bridgehead atoms. The number of carbonyl (C=O) groups is 3. The number of rotatable bonds is 5. The van der Waals surface area contributed by atoms with Crippen molar-refractivity contribution in [3.8, 4) is 0 Å². The fourth-order valence-corrected chi connectivity index (χ4v) is 3.88. The fraction of sp³-hybridized carbons (Fsp3) is 0.286. The van der Waals surface area contributed by atoms with E-state index in [4.69, 9.17) is 10.5 Å². The molecule has 186 valence electrons. The summed E-state index contributed by atoms with van der Waals surface area (Å²) in [5.74, 6) is -2.01. The van der Waals surface area contributed by atoms with Crippen LogP contribution in [0.15, 0.2) is 40.4 Å². The zero-order valence-corrected chi connectivity index (χ0v) is 19.6. The maximum atomic E-state index is 13.0. The van der Waals surface area contributed by atoms with Gasteiger partial charge in [-0.3, -0.25) is 9.59 Å². The highest BCUT2D eigenvalue weighted by atomic mass is 32.2. The van der Waals surface area contributed by atoms with E-state index in [-0.39, 0.29) is 17.1 Å². The molecule has 1 aliphatic heterocycles. The fourth-order valence-electron chi connectivity index (χ4n) is 2.79. The Morgan fingerprint density at radius 3 is 2.51 bits per heavy atom. The van der Waals surface area contributed by atoms with Crippen molar-refractivity contribution in [1.82, 2.24) is 15.3 Å². The number of aromatic nitrogens is 2. The predicted octanol–water partition coefficient (Wildman–Crippen LogP) is 3.33. The molecule has 3 amide bonds. The quantitative estimate of drug-likeness (QED) is 0.448. The first-order valence-electron chi connectivity index (χ1n) is 10.0. The normalized spacial score (nSPS) is 14.5. The first kappa shape index (κ1) is 25.8. The van der Waals surface area contributed by atoms with Crippen LogP contribution >= 0.6 is 11.8 Å². The number of fused-ring (bicyclic) bond motifs is 1. The minimum absolute atomic E-state index is 0.141. The van der Waals surface area contributed by atoms with Gasteiger partial charge in [0.05, 0.1) is 10.7 Å². The van der Waals surface area contributed by atoms with Crippen LogP contribution < -0.4 is 21.7 Å². The Labute approximate surface area is 201 Å². The van der Waals surface area contributed by atoms with Gasteiger partial charge in [-0.15, -0.1) is 0 Å². The monoisotopic (exact) mass is 510 g/mol. The van der Waals surface area contributed by atoms with E-state index >= 15 is 0 Å². The number of primary amides is 1. The van der Waals surface area contributed by atoms with E-state index in [0.717, 1.165) is 18.0 Å². The zero-order valence-electron chi connectivity index (χ0n) is 18.7. The van der Waals surface area contributed by atoms with Gasteiger partial charge in [-0.1, -0.05) is 11.8 Å². The summed E-state index contributed by atoms with van der Waals surface area (Å²) < 4.78 is 44.2. The molecule has 5 N–H and O–H groups in total. The lowest BCUT2D eigenvalue weighted by atomic mass is 10.2. The van der Waals surface area contributed by atoms with Crippen molar-refractivity contribution >= 4 is 46.6 Å². The molecule has 3 rings (SSSR count). The zero-order chi connectivity index (χ0) is 26.0. The van der Waals surface area contributed by atoms with Crippen LogP contribution in [0.25, 0.3) is 5.57 Å². The molecule has 0 saturated heterocycles. The lowest BCUT2D eigenvalue weighted by molar-refractivity contribution is -0.141. The smallest absolute Gasteiger partial charge is 0.433 e. The Balaban J connectivity index is 1.75. The van der Waals surface area contributed by atoms with Crippen LogP contribution in [-0.4, -0.2) is 40.0 Å². The number of thioether (sulfide) groups is 1. The third-order valence-electron chi connectivity index (χ3n) is 4.16. The summed E-state index contributed by atoms with van der Waals surface area (Å²) in [6.07, 6.45) is -4.58. The van der Waals surface area contributed by atoms with Gasteiger partial charge in [-0.2, -0.15) is 13.2 Å². The van der Waals surface area contributed by atoms with Crippen LogP contribution in [0.5, 0.6) is 0 Å². The number of nitrogens with two attached hydrogens (primary N) is 1. The van der Waals surface area contributed by atoms with E-state index < -0.39 is 41.2 Å². The molecule has 0 fully saturated rings. The van der Waals surface area contributed by atoms with E-state index in [1.54, 1.807) is 39.0 Å². The van der Waals surface area contributed by atoms with Crippen LogP contribution in [0.2, 0.25) is 0 Å². The molecule has 0 aliphatic carbocycles. The SMILES string of the molecule is CC(C)(C)OC(=O)NCC(=O)Nc1ccc2c(c1)S/C(=C(/C(N)=O)c1nccc(C(F)(F)F)n1)N2. The lowest BCUT2D eigenvalue weighted by Gasteiger charge is -2.19. The maximum absolute atomic E-state index is 13.0. The van der Waals surface area contributed by atoms with Crippen LogP contribution in [0, 0.1) is 0 Å². The third-order valence-corrected chi connectivity index (χ3v) is 5.23. The highest BCUT2D eigenvalue weighted by Gasteiger charge is 2.34. The van der Waals surface area contributed by atoms with E-state index in [1.165, 1.54) is 0 Å². The number of halogens is 3. The second-order valence-corrected chi connectivity index (χ2v) is 9.23. The molecule has 1 aliphatic rings. The van der Waals surface area contributed by atoms with E-state index in [9.17, 15) is 27.6 Å². The molecule has 1 aromatic heterocycles. The highest BCUT2D eigenvalue weighted by Crippen LogP contribution is 2.44. The molecular weight excluding hydrogens is 489 g/mol.